The zero-order valence-corrected chi connectivity index (χ0v) is 13.4. The van der Waals surface area contributed by atoms with Crippen LogP contribution in [-0.2, 0) is 13.1 Å². The highest BCUT2D eigenvalue weighted by atomic mass is 35.5. The third-order valence-electron chi connectivity index (χ3n) is 3.35. The van der Waals surface area contributed by atoms with Gasteiger partial charge in [0.05, 0.1) is 10.7 Å². The number of rotatable bonds is 7. The van der Waals surface area contributed by atoms with Crippen LogP contribution in [0, 0.1) is 0 Å². The molecule has 21 heavy (non-hydrogen) atoms. The van der Waals surface area contributed by atoms with Crippen molar-refractivity contribution in [1.82, 2.24) is 9.88 Å². The average Bonchev–Trinajstić information content (AvgIpc) is 2.51. The Balaban J connectivity index is 2.09. The van der Waals surface area contributed by atoms with Crippen LogP contribution in [-0.4, -0.2) is 23.0 Å². The summed E-state index contributed by atoms with van der Waals surface area (Å²) in [4.78, 5) is 6.94. The van der Waals surface area contributed by atoms with Crippen LogP contribution in [0.1, 0.15) is 25.1 Å². The van der Waals surface area contributed by atoms with Crippen molar-refractivity contribution in [2.24, 2.45) is 0 Å². The summed E-state index contributed by atoms with van der Waals surface area (Å²) < 4.78 is 0. The molecule has 0 radical (unpaired) electrons. The van der Waals surface area contributed by atoms with Crippen LogP contribution in [0.25, 0.3) is 0 Å². The predicted octanol–water partition coefficient (Wildman–Crippen LogP) is 4.19. The molecule has 0 bridgehead atoms. The molecule has 3 nitrogen and oxygen atoms in total. The van der Waals surface area contributed by atoms with Gasteiger partial charge < -0.3 is 5.32 Å². The fourth-order valence-electron chi connectivity index (χ4n) is 2.21. The maximum Gasteiger partial charge on any atom is 0.126 e. The second-order valence-electron chi connectivity index (χ2n) is 4.94. The molecule has 0 aliphatic carbocycles. The van der Waals surface area contributed by atoms with Crippen molar-refractivity contribution in [2.75, 3.05) is 18.4 Å². The van der Waals surface area contributed by atoms with Gasteiger partial charge in [-0.05, 0) is 31.2 Å². The highest BCUT2D eigenvalue weighted by Crippen LogP contribution is 2.19. The van der Waals surface area contributed by atoms with Gasteiger partial charge in [0, 0.05) is 19.6 Å². The van der Waals surface area contributed by atoms with Gasteiger partial charge in [-0.15, -0.1) is 0 Å². The van der Waals surface area contributed by atoms with Gasteiger partial charge in [0.15, 0.2) is 0 Å². The second-order valence-corrected chi connectivity index (χ2v) is 5.35. The lowest BCUT2D eigenvalue weighted by Gasteiger charge is -2.21. The van der Waals surface area contributed by atoms with E-state index in [4.69, 9.17) is 11.6 Å². The molecule has 1 aromatic carbocycles. The van der Waals surface area contributed by atoms with Gasteiger partial charge in [0.2, 0.25) is 0 Å². The van der Waals surface area contributed by atoms with Gasteiger partial charge in [-0.2, -0.15) is 0 Å². The molecule has 0 spiro atoms. The Morgan fingerprint density at radius 1 is 1.05 bits per heavy atom. The average molecular weight is 304 g/mol. The van der Waals surface area contributed by atoms with Crippen LogP contribution in [0.4, 0.5) is 5.82 Å². The first kappa shape index (κ1) is 15.8. The smallest absolute Gasteiger partial charge is 0.126 e. The van der Waals surface area contributed by atoms with E-state index >= 15 is 0 Å². The molecule has 0 amide bonds. The largest absolute Gasteiger partial charge is 0.370 e. The standard InChI is InChI=1S/C17H22ClN3/c1-3-19-17-11-10-15(18)16(20-17)13-21(4-2)12-14-8-6-5-7-9-14/h5-11H,3-4,12-13H2,1-2H3,(H,19,20). The molecular formula is C17H22ClN3. The number of anilines is 1. The highest BCUT2D eigenvalue weighted by Gasteiger charge is 2.10. The Kier molecular flexibility index (Phi) is 6.03. The fraction of sp³-hybridized carbons (Fsp3) is 0.353. The molecule has 1 N–H and O–H groups in total. The maximum atomic E-state index is 6.28. The van der Waals surface area contributed by atoms with Crippen molar-refractivity contribution in [3.8, 4) is 0 Å². The van der Waals surface area contributed by atoms with Crippen molar-refractivity contribution < 1.29 is 0 Å². The molecule has 0 saturated heterocycles. The van der Waals surface area contributed by atoms with Crippen LogP contribution in [0.15, 0.2) is 42.5 Å². The van der Waals surface area contributed by atoms with Crippen LogP contribution in [0.2, 0.25) is 5.02 Å². The van der Waals surface area contributed by atoms with Gasteiger partial charge >= 0.3 is 0 Å². The molecule has 1 aromatic heterocycles. The van der Waals surface area contributed by atoms with E-state index in [1.54, 1.807) is 0 Å². The van der Waals surface area contributed by atoms with Gasteiger partial charge in [-0.3, -0.25) is 4.90 Å². The number of hydrogen-bond donors (Lipinski definition) is 1. The Morgan fingerprint density at radius 2 is 1.81 bits per heavy atom. The lowest BCUT2D eigenvalue weighted by atomic mass is 10.2. The fourth-order valence-corrected chi connectivity index (χ4v) is 2.37. The van der Waals surface area contributed by atoms with Crippen molar-refractivity contribution in [1.29, 1.82) is 0 Å². The molecule has 112 valence electrons. The number of benzene rings is 1. The summed E-state index contributed by atoms with van der Waals surface area (Å²) in [5.41, 5.74) is 2.23. The quantitative estimate of drug-likeness (QED) is 0.831. The maximum absolute atomic E-state index is 6.28. The van der Waals surface area contributed by atoms with Gasteiger partial charge in [0.25, 0.3) is 0 Å². The molecule has 0 fully saturated rings. The Morgan fingerprint density at radius 3 is 2.48 bits per heavy atom. The number of pyridine rings is 1. The zero-order chi connectivity index (χ0) is 15.1. The minimum atomic E-state index is 0.725. The van der Waals surface area contributed by atoms with E-state index in [2.05, 4.69) is 53.3 Å². The summed E-state index contributed by atoms with van der Waals surface area (Å²) in [6.45, 7) is 7.69. The zero-order valence-electron chi connectivity index (χ0n) is 12.6. The lowest BCUT2D eigenvalue weighted by Crippen LogP contribution is -2.23. The third-order valence-corrected chi connectivity index (χ3v) is 3.69. The van der Waals surface area contributed by atoms with Crippen molar-refractivity contribution >= 4 is 17.4 Å². The highest BCUT2D eigenvalue weighted by molar-refractivity contribution is 6.31. The first-order valence-corrected chi connectivity index (χ1v) is 7.76. The molecule has 0 aliphatic heterocycles. The molecule has 0 unspecified atom stereocenters. The first-order chi connectivity index (χ1) is 10.2. The van der Waals surface area contributed by atoms with E-state index < -0.39 is 0 Å². The molecule has 0 atom stereocenters. The third kappa shape index (κ3) is 4.73. The van der Waals surface area contributed by atoms with E-state index in [0.717, 1.165) is 42.7 Å². The van der Waals surface area contributed by atoms with Gasteiger partial charge in [-0.25, -0.2) is 4.98 Å². The van der Waals surface area contributed by atoms with E-state index in [1.807, 2.05) is 18.2 Å². The van der Waals surface area contributed by atoms with Crippen LogP contribution < -0.4 is 5.32 Å². The predicted molar refractivity (Wildman–Crippen MR) is 89.6 cm³/mol. The number of nitrogens with zero attached hydrogens (tertiary/aromatic N) is 2. The molecule has 2 aromatic rings. The van der Waals surface area contributed by atoms with E-state index in [9.17, 15) is 0 Å². The number of nitrogens with one attached hydrogen (secondary N) is 1. The summed E-state index contributed by atoms with van der Waals surface area (Å²) >= 11 is 6.28. The molecule has 4 heteroatoms. The minimum Gasteiger partial charge on any atom is -0.370 e. The molecular weight excluding hydrogens is 282 g/mol. The molecule has 0 saturated carbocycles. The lowest BCUT2D eigenvalue weighted by molar-refractivity contribution is 0.268. The SMILES string of the molecule is CCNc1ccc(Cl)c(CN(CC)Cc2ccccc2)n1. The first-order valence-electron chi connectivity index (χ1n) is 7.38. The van der Waals surface area contributed by atoms with Gasteiger partial charge in [-0.1, -0.05) is 48.9 Å². The number of halogens is 1. The van der Waals surface area contributed by atoms with Crippen molar-refractivity contribution in [3.05, 3.63) is 58.7 Å². The summed E-state index contributed by atoms with van der Waals surface area (Å²) in [5, 5.41) is 3.95. The van der Waals surface area contributed by atoms with E-state index in [-0.39, 0.29) is 0 Å². The Bertz CT molecular complexity index is 557. The molecule has 0 aliphatic rings. The monoisotopic (exact) mass is 303 g/mol. The summed E-state index contributed by atoms with van der Waals surface area (Å²) in [6.07, 6.45) is 0. The minimum absolute atomic E-state index is 0.725. The summed E-state index contributed by atoms with van der Waals surface area (Å²) in [6, 6.07) is 14.3. The second kappa shape index (κ2) is 8.01. The van der Waals surface area contributed by atoms with Crippen molar-refractivity contribution in [2.45, 2.75) is 26.9 Å². The van der Waals surface area contributed by atoms with Crippen LogP contribution in [0.5, 0.6) is 0 Å². The molecule has 1 heterocycles. The topological polar surface area (TPSA) is 28.2 Å². The van der Waals surface area contributed by atoms with Gasteiger partial charge in [0.1, 0.15) is 5.82 Å². The normalized spacial score (nSPS) is 10.9. The summed E-state index contributed by atoms with van der Waals surface area (Å²) in [7, 11) is 0. The Labute approximate surface area is 132 Å². The number of hydrogen-bond acceptors (Lipinski definition) is 3. The van der Waals surface area contributed by atoms with E-state index in [0.29, 0.717) is 0 Å². The Hall–Kier alpha value is -1.58. The number of aromatic nitrogens is 1. The van der Waals surface area contributed by atoms with E-state index in [1.165, 1.54) is 5.56 Å². The summed E-state index contributed by atoms with van der Waals surface area (Å²) in [5.74, 6) is 0.882. The molecule has 2 rings (SSSR count). The van der Waals surface area contributed by atoms with Crippen molar-refractivity contribution in [3.63, 3.8) is 0 Å². The van der Waals surface area contributed by atoms with Crippen LogP contribution in [0.3, 0.4) is 0 Å². The van der Waals surface area contributed by atoms with Crippen LogP contribution >= 0.6 is 11.6 Å².